The van der Waals surface area contributed by atoms with Gasteiger partial charge in [-0.3, -0.25) is 0 Å². The van der Waals surface area contributed by atoms with Crippen molar-refractivity contribution in [3.05, 3.63) is 29.8 Å². The van der Waals surface area contributed by atoms with Gasteiger partial charge in [-0.05, 0) is 54.2 Å². The molecule has 0 unspecified atom stereocenters. The van der Waals surface area contributed by atoms with E-state index in [0.29, 0.717) is 0 Å². The molecule has 0 heterocycles. The van der Waals surface area contributed by atoms with Crippen LogP contribution in [-0.2, 0) is 5.41 Å². The lowest BCUT2D eigenvalue weighted by Crippen LogP contribution is -2.25. The van der Waals surface area contributed by atoms with Crippen LogP contribution in [0, 0.1) is 11.8 Å². The molecular formula is C17H25N. The lowest BCUT2D eigenvalue weighted by Gasteiger charge is -2.25. The predicted octanol–water partition coefficient (Wildman–Crippen LogP) is 4.58. The van der Waals surface area contributed by atoms with Crippen molar-refractivity contribution < 1.29 is 0 Å². The minimum absolute atomic E-state index is 0.255. The number of rotatable bonds is 2. The Balaban J connectivity index is 1.67. The molecule has 1 N–H and O–H groups in total. The third-order valence-electron chi connectivity index (χ3n) is 4.84. The first kappa shape index (κ1) is 12.1. The standard InChI is InChI=1S/C17H25N/c1-17(2,3)14-6-8-15(9-7-14)18-16-11-12-4-5-13(16)10-12/h6-9,12-13,16,18H,4-5,10-11H2,1-3H3/t12-,13+,16+/m1/s1. The molecule has 2 aliphatic rings. The Kier molecular flexibility index (Phi) is 2.88. The molecule has 1 heteroatoms. The Labute approximate surface area is 111 Å². The van der Waals surface area contributed by atoms with Crippen molar-refractivity contribution in [2.24, 2.45) is 11.8 Å². The molecule has 0 aromatic heterocycles. The molecule has 1 aromatic rings. The smallest absolute Gasteiger partial charge is 0.0342 e. The van der Waals surface area contributed by atoms with Gasteiger partial charge in [-0.15, -0.1) is 0 Å². The minimum Gasteiger partial charge on any atom is -0.382 e. The fourth-order valence-corrected chi connectivity index (χ4v) is 3.70. The third kappa shape index (κ3) is 2.28. The van der Waals surface area contributed by atoms with Crippen LogP contribution in [0.1, 0.15) is 52.0 Å². The summed E-state index contributed by atoms with van der Waals surface area (Å²) in [5.74, 6) is 1.96. The molecule has 3 atom stereocenters. The number of benzene rings is 1. The van der Waals surface area contributed by atoms with Gasteiger partial charge in [0, 0.05) is 11.7 Å². The van der Waals surface area contributed by atoms with Crippen LogP contribution >= 0.6 is 0 Å². The van der Waals surface area contributed by atoms with Crippen molar-refractivity contribution in [2.45, 2.75) is 57.9 Å². The van der Waals surface area contributed by atoms with Gasteiger partial charge in [-0.2, -0.15) is 0 Å². The molecule has 98 valence electrons. The van der Waals surface area contributed by atoms with Crippen molar-refractivity contribution >= 4 is 5.69 Å². The van der Waals surface area contributed by atoms with Gasteiger partial charge >= 0.3 is 0 Å². The molecule has 2 saturated carbocycles. The van der Waals surface area contributed by atoms with Crippen LogP contribution in [0.3, 0.4) is 0 Å². The van der Waals surface area contributed by atoms with E-state index >= 15 is 0 Å². The highest BCUT2D eigenvalue weighted by atomic mass is 14.9. The molecule has 0 spiro atoms. The second-order valence-electron chi connectivity index (χ2n) is 7.25. The second kappa shape index (κ2) is 4.29. The molecule has 18 heavy (non-hydrogen) atoms. The van der Waals surface area contributed by atoms with Crippen LogP contribution < -0.4 is 5.32 Å². The maximum atomic E-state index is 3.75. The summed E-state index contributed by atoms with van der Waals surface area (Å²) in [6.07, 6.45) is 5.79. The number of hydrogen-bond donors (Lipinski definition) is 1. The fourth-order valence-electron chi connectivity index (χ4n) is 3.70. The Bertz CT molecular complexity index is 412. The molecule has 0 aliphatic heterocycles. The van der Waals surface area contributed by atoms with E-state index in [-0.39, 0.29) is 5.41 Å². The van der Waals surface area contributed by atoms with Crippen molar-refractivity contribution in [2.75, 3.05) is 5.32 Å². The van der Waals surface area contributed by atoms with Gasteiger partial charge in [0.25, 0.3) is 0 Å². The molecule has 2 fully saturated rings. The first-order valence-electron chi connectivity index (χ1n) is 7.39. The number of anilines is 1. The van der Waals surface area contributed by atoms with Gasteiger partial charge in [-0.1, -0.05) is 39.3 Å². The predicted molar refractivity (Wildman–Crippen MR) is 78.0 cm³/mol. The van der Waals surface area contributed by atoms with Crippen molar-refractivity contribution in [3.63, 3.8) is 0 Å². The molecule has 2 aliphatic carbocycles. The van der Waals surface area contributed by atoms with Crippen LogP contribution in [0.5, 0.6) is 0 Å². The van der Waals surface area contributed by atoms with Crippen molar-refractivity contribution in [1.29, 1.82) is 0 Å². The first-order valence-corrected chi connectivity index (χ1v) is 7.39. The molecule has 1 nitrogen and oxygen atoms in total. The van der Waals surface area contributed by atoms with Gasteiger partial charge < -0.3 is 5.32 Å². The van der Waals surface area contributed by atoms with Crippen LogP contribution in [-0.4, -0.2) is 6.04 Å². The maximum absolute atomic E-state index is 3.75. The summed E-state index contributed by atoms with van der Waals surface area (Å²) in [4.78, 5) is 0. The van der Waals surface area contributed by atoms with Gasteiger partial charge in [0.1, 0.15) is 0 Å². The average molecular weight is 243 g/mol. The van der Waals surface area contributed by atoms with Crippen molar-refractivity contribution in [3.8, 4) is 0 Å². The van der Waals surface area contributed by atoms with Gasteiger partial charge in [0.05, 0.1) is 0 Å². The summed E-state index contributed by atoms with van der Waals surface area (Å²) in [6.45, 7) is 6.81. The van der Waals surface area contributed by atoms with Crippen LogP contribution in [0.2, 0.25) is 0 Å². The highest BCUT2D eigenvalue weighted by Gasteiger charge is 2.39. The number of fused-ring (bicyclic) bond motifs is 2. The van der Waals surface area contributed by atoms with E-state index in [1.807, 2.05) is 0 Å². The topological polar surface area (TPSA) is 12.0 Å². The zero-order valence-corrected chi connectivity index (χ0v) is 11.9. The second-order valence-corrected chi connectivity index (χ2v) is 7.25. The molecule has 2 bridgehead atoms. The Morgan fingerprint density at radius 3 is 2.22 bits per heavy atom. The highest BCUT2D eigenvalue weighted by molar-refractivity contribution is 5.47. The van der Waals surface area contributed by atoms with Gasteiger partial charge in [0.15, 0.2) is 0 Å². The normalized spacial score (nSPS) is 30.7. The molecule has 3 rings (SSSR count). The van der Waals surface area contributed by atoms with E-state index in [0.717, 1.165) is 17.9 Å². The summed E-state index contributed by atoms with van der Waals surface area (Å²) < 4.78 is 0. The van der Waals surface area contributed by atoms with E-state index in [1.54, 1.807) is 0 Å². The summed E-state index contributed by atoms with van der Waals surface area (Å²) in [6, 6.07) is 9.80. The summed E-state index contributed by atoms with van der Waals surface area (Å²) in [5, 5.41) is 3.75. The van der Waals surface area contributed by atoms with Crippen LogP contribution in [0.15, 0.2) is 24.3 Å². The largest absolute Gasteiger partial charge is 0.382 e. The molecular weight excluding hydrogens is 218 g/mol. The first-order chi connectivity index (χ1) is 8.52. The SMILES string of the molecule is CC(C)(C)c1ccc(N[C@H]2C[C@@H]3CC[C@H]2C3)cc1. The van der Waals surface area contributed by atoms with E-state index < -0.39 is 0 Å². The Hall–Kier alpha value is -0.980. The third-order valence-corrected chi connectivity index (χ3v) is 4.84. The van der Waals surface area contributed by atoms with Gasteiger partial charge in [-0.25, -0.2) is 0 Å². The summed E-state index contributed by atoms with van der Waals surface area (Å²) in [7, 11) is 0. The molecule has 0 saturated heterocycles. The van der Waals surface area contributed by atoms with Crippen molar-refractivity contribution in [1.82, 2.24) is 0 Å². The van der Waals surface area contributed by atoms with Crippen LogP contribution in [0.25, 0.3) is 0 Å². The summed E-state index contributed by atoms with van der Waals surface area (Å²) in [5.41, 5.74) is 2.98. The zero-order valence-electron chi connectivity index (χ0n) is 11.9. The van der Waals surface area contributed by atoms with Crippen LogP contribution in [0.4, 0.5) is 5.69 Å². The fraction of sp³-hybridized carbons (Fsp3) is 0.647. The number of nitrogens with one attached hydrogen (secondary N) is 1. The lowest BCUT2D eigenvalue weighted by atomic mass is 9.87. The average Bonchev–Trinajstić information content (AvgIpc) is 2.90. The Morgan fingerprint density at radius 2 is 1.72 bits per heavy atom. The maximum Gasteiger partial charge on any atom is 0.0342 e. The van der Waals surface area contributed by atoms with E-state index in [1.165, 1.54) is 36.9 Å². The highest BCUT2D eigenvalue weighted by Crippen LogP contribution is 2.45. The zero-order chi connectivity index (χ0) is 12.8. The van der Waals surface area contributed by atoms with E-state index in [4.69, 9.17) is 0 Å². The minimum atomic E-state index is 0.255. The molecule has 1 aromatic carbocycles. The summed E-state index contributed by atoms with van der Waals surface area (Å²) >= 11 is 0. The molecule has 0 amide bonds. The van der Waals surface area contributed by atoms with Gasteiger partial charge in [0.2, 0.25) is 0 Å². The van der Waals surface area contributed by atoms with E-state index in [2.05, 4.69) is 50.4 Å². The molecule has 0 radical (unpaired) electrons. The monoisotopic (exact) mass is 243 g/mol. The quantitative estimate of drug-likeness (QED) is 0.801. The van der Waals surface area contributed by atoms with E-state index in [9.17, 15) is 0 Å². The number of hydrogen-bond acceptors (Lipinski definition) is 1. The lowest BCUT2D eigenvalue weighted by molar-refractivity contribution is 0.440. The Morgan fingerprint density at radius 1 is 1.00 bits per heavy atom.